The fourth-order valence-corrected chi connectivity index (χ4v) is 3.63. The summed E-state index contributed by atoms with van der Waals surface area (Å²) in [6.45, 7) is 8.66. The van der Waals surface area contributed by atoms with Crippen LogP contribution in [0, 0.1) is 0 Å². The summed E-state index contributed by atoms with van der Waals surface area (Å²) in [5.74, 6) is 0.424. The van der Waals surface area contributed by atoms with Crippen molar-refractivity contribution in [2.75, 3.05) is 12.0 Å². The third kappa shape index (κ3) is 12.2. The average Bonchev–Trinajstić information content (AvgIpc) is 2.62. The molecular formula is C23H44O4S. The maximum atomic E-state index is 12.6. The van der Waals surface area contributed by atoms with Gasteiger partial charge in [0.05, 0.1) is 0 Å². The highest BCUT2D eigenvalue weighted by molar-refractivity contribution is 7.98. The first-order valence-electron chi connectivity index (χ1n) is 11.0. The quantitative estimate of drug-likeness (QED) is 0.289. The van der Waals surface area contributed by atoms with E-state index in [2.05, 4.69) is 6.92 Å². The monoisotopic (exact) mass is 416 g/mol. The number of rotatable bonds is 18. The van der Waals surface area contributed by atoms with Crippen molar-refractivity contribution in [2.24, 2.45) is 0 Å². The first-order chi connectivity index (χ1) is 13.1. The lowest BCUT2D eigenvalue weighted by atomic mass is 9.94. The van der Waals surface area contributed by atoms with E-state index in [0.717, 1.165) is 18.6 Å². The maximum absolute atomic E-state index is 12.6. The number of thioether (sulfide) groups is 1. The molecule has 0 aliphatic heterocycles. The number of ether oxygens (including phenoxy) is 1. The fourth-order valence-electron chi connectivity index (χ4n) is 3.18. The van der Waals surface area contributed by atoms with Crippen molar-refractivity contribution in [3.8, 4) is 0 Å². The highest BCUT2D eigenvalue weighted by Crippen LogP contribution is 2.23. The number of hydrogen-bond acceptors (Lipinski definition) is 5. The van der Waals surface area contributed by atoms with E-state index >= 15 is 0 Å². The Bertz CT molecular complexity index is 440. The van der Waals surface area contributed by atoms with Gasteiger partial charge >= 0.3 is 0 Å². The second kappa shape index (κ2) is 14.6. The molecule has 0 bridgehead atoms. The van der Waals surface area contributed by atoms with Crippen molar-refractivity contribution >= 4 is 23.3 Å². The van der Waals surface area contributed by atoms with Crippen LogP contribution in [0.25, 0.3) is 0 Å². The summed E-state index contributed by atoms with van der Waals surface area (Å²) in [4.78, 5) is 25.2. The van der Waals surface area contributed by atoms with E-state index in [4.69, 9.17) is 4.74 Å². The molecule has 0 rings (SSSR count). The first-order valence-corrected chi connectivity index (χ1v) is 12.4. The summed E-state index contributed by atoms with van der Waals surface area (Å²) in [6, 6.07) is 0. The molecule has 1 N–H and O–H groups in total. The van der Waals surface area contributed by atoms with Gasteiger partial charge in [-0.05, 0) is 52.5 Å². The van der Waals surface area contributed by atoms with Crippen molar-refractivity contribution in [3.63, 3.8) is 0 Å². The molecule has 5 heteroatoms. The Kier molecular flexibility index (Phi) is 14.4. The smallest absolute Gasteiger partial charge is 0.192 e. The largest absolute Gasteiger partial charge is 0.383 e. The Morgan fingerprint density at radius 2 is 1.43 bits per heavy atom. The predicted molar refractivity (Wildman–Crippen MR) is 120 cm³/mol. The van der Waals surface area contributed by atoms with Crippen molar-refractivity contribution < 1.29 is 19.4 Å². The van der Waals surface area contributed by atoms with E-state index in [1.165, 1.54) is 58.8 Å². The highest BCUT2D eigenvalue weighted by atomic mass is 32.2. The van der Waals surface area contributed by atoms with Crippen LogP contribution < -0.4 is 0 Å². The number of carbonyl (C=O) groups excluding carboxylic acids is 2. The van der Waals surface area contributed by atoms with Gasteiger partial charge in [0.1, 0.15) is 17.3 Å². The summed E-state index contributed by atoms with van der Waals surface area (Å²) < 4.78 is 5.95. The lowest BCUT2D eigenvalue weighted by molar-refractivity contribution is -0.164. The van der Waals surface area contributed by atoms with Crippen LogP contribution in [-0.2, 0) is 14.3 Å². The minimum atomic E-state index is -1.46. The molecule has 0 fully saturated rings. The van der Waals surface area contributed by atoms with Gasteiger partial charge in [-0.25, -0.2) is 0 Å². The van der Waals surface area contributed by atoms with Gasteiger partial charge in [-0.2, -0.15) is 11.8 Å². The van der Waals surface area contributed by atoms with Crippen LogP contribution in [0.15, 0.2) is 0 Å². The normalized spacial score (nSPS) is 13.5. The Morgan fingerprint density at radius 3 is 1.89 bits per heavy atom. The number of hydrogen-bond donors (Lipinski definition) is 1. The van der Waals surface area contributed by atoms with Crippen molar-refractivity contribution in [1.82, 2.24) is 0 Å². The molecule has 1 atom stereocenters. The standard InChI is InChI=1S/C23H44O4S/c1-7-8-9-10-11-12-13-14-15-16-20(24)23(4,5)27-19(17-18-28-6)21(25)22(2,3)26/h19,26H,7-18H2,1-6H3. The number of carbonyl (C=O) groups is 2. The average molecular weight is 417 g/mol. The van der Waals surface area contributed by atoms with Crippen LogP contribution in [0.2, 0.25) is 0 Å². The molecule has 166 valence electrons. The SMILES string of the molecule is CCCCCCCCCCCC(=O)C(C)(C)OC(CCSC)C(=O)C(C)(C)O. The zero-order chi connectivity index (χ0) is 21.6. The molecule has 0 spiro atoms. The van der Waals surface area contributed by atoms with E-state index in [9.17, 15) is 14.7 Å². The van der Waals surface area contributed by atoms with Crippen LogP contribution >= 0.6 is 11.8 Å². The van der Waals surface area contributed by atoms with E-state index < -0.39 is 17.3 Å². The van der Waals surface area contributed by atoms with Gasteiger partial charge in [-0.1, -0.05) is 58.3 Å². The van der Waals surface area contributed by atoms with Gasteiger partial charge in [0.15, 0.2) is 11.6 Å². The minimum absolute atomic E-state index is 0.0353. The minimum Gasteiger partial charge on any atom is -0.383 e. The zero-order valence-electron chi connectivity index (χ0n) is 19.1. The molecule has 28 heavy (non-hydrogen) atoms. The topological polar surface area (TPSA) is 63.6 Å². The summed E-state index contributed by atoms with van der Waals surface area (Å²) >= 11 is 1.62. The molecule has 0 saturated carbocycles. The lowest BCUT2D eigenvalue weighted by Gasteiger charge is -2.31. The van der Waals surface area contributed by atoms with Crippen molar-refractivity contribution in [3.05, 3.63) is 0 Å². The molecule has 0 aromatic rings. The summed E-state index contributed by atoms with van der Waals surface area (Å²) in [6.07, 6.45) is 13.1. The summed E-state index contributed by atoms with van der Waals surface area (Å²) in [5.41, 5.74) is -2.47. The van der Waals surface area contributed by atoms with Crippen LogP contribution in [0.5, 0.6) is 0 Å². The molecule has 0 heterocycles. The van der Waals surface area contributed by atoms with Gasteiger partial charge < -0.3 is 9.84 Å². The third-order valence-electron chi connectivity index (χ3n) is 5.10. The fraction of sp³-hybridized carbons (Fsp3) is 0.913. The summed E-state index contributed by atoms with van der Waals surface area (Å²) in [7, 11) is 0. The van der Waals surface area contributed by atoms with E-state index in [1.54, 1.807) is 25.6 Å². The van der Waals surface area contributed by atoms with Gasteiger partial charge in [0.2, 0.25) is 0 Å². The molecule has 0 saturated heterocycles. The summed E-state index contributed by atoms with van der Waals surface area (Å²) in [5, 5.41) is 10.1. The predicted octanol–water partition coefficient (Wildman–Crippen LogP) is 5.73. The van der Waals surface area contributed by atoms with Crippen LogP contribution in [0.4, 0.5) is 0 Å². The Hall–Kier alpha value is -0.390. The number of ketones is 2. The molecule has 0 radical (unpaired) electrons. The first kappa shape index (κ1) is 27.6. The van der Waals surface area contributed by atoms with Crippen molar-refractivity contribution in [2.45, 2.75) is 123 Å². The van der Waals surface area contributed by atoms with Crippen LogP contribution in [-0.4, -0.2) is 46.0 Å². The Balaban J connectivity index is 4.36. The second-order valence-electron chi connectivity index (χ2n) is 8.82. The molecule has 0 aromatic carbocycles. The second-order valence-corrected chi connectivity index (χ2v) is 9.81. The molecule has 0 aliphatic carbocycles. The number of unbranched alkanes of at least 4 members (excludes halogenated alkanes) is 8. The number of aliphatic hydroxyl groups is 1. The Labute approximate surface area is 177 Å². The molecule has 0 aliphatic rings. The van der Waals surface area contributed by atoms with E-state index in [-0.39, 0.29) is 11.6 Å². The van der Waals surface area contributed by atoms with E-state index in [0.29, 0.717) is 12.8 Å². The number of Topliss-reactive ketones (excluding diaryl/α,β-unsaturated/α-hetero) is 2. The Morgan fingerprint density at radius 1 is 0.929 bits per heavy atom. The van der Waals surface area contributed by atoms with Crippen molar-refractivity contribution in [1.29, 1.82) is 0 Å². The van der Waals surface area contributed by atoms with E-state index in [1.807, 2.05) is 6.26 Å². The van der Waals surface area contributed by atoms with Crippen LogP contribution in [0.3, 0.4) is 0 Å². The third-order valence-corrected chi connectivity index (χ3v) is 5.74. The van der Waals surface area contributed by atoms with Gasteiger partial charge in [-0.15, -0.1) is 0 Å². The molecule has 1 unspecified atom stereocenters. The molecule has 4 nitrogen and oxygen atoms in total. The van der Waals surface area contributed by atoms with Gasteiger partial charge in [0, 0.05) is 6.42 Å². The highest BCUT2D eigenvalue weighted by Gasteiger charge is 2.38. The van der Waals surface area contributed by atoms with Gasteiger partial charge in [-0.3, -0.25) is 9.59 Å². The van der Waals surface area contributed by atoms with Crippen LogP contribution in [0.1, 0.15) is 105 Å². The maximum Gasteiger partial charge on any atom is 0.192 e. The molecule has 0 amide bonds. The lowest BCUT2D eigenvalue weighted by Crippen LogP contribution is -2.47. The molecule has 0 aromatic heterocycles. The zero-order valence-corrected chi connectivity index (χ0v) is 20.0. The van der Waals surface area contributed by atoms with Gasteiger partial charge in [0.25, 0.3) is 0 Å². The molecular weight excluding hydrogens is 372 g/mol.